The molecule has 0 saturated heterocycles. The Labute approximate surface area is 173 Å². The van der Waals surface area contributed by atoms with Gasteiger partial charge >= 0.3 is 0 Å². The van der Waals surface area contributed by atoms with Crippen molar-refractivity contribution in [2.24, 2.45) is 0 Å². The summed E-state index contributed by atoms with van der Waals surface area (Å²) in [6.07, 6.45) is 0. The van der Waals surface area contributed by atoms with Crippen LogP contribution in [-0.4, -0.2) is 5.78 Å². The van der Waals surface area contributed by atoms with E-state index in [1.165, 1.54) is 15.9 Å². The van der Waals surface area contributed by atoms with Crippen molar-refractivity contribution in [2.45, 2.75) is 6.92 Å². The maximum Gasteiger partial charge on any atom is 0.105 e. The first kappa shape index (κ1) is 21.1. The van der Waals surface area contributed by atoms with E-state index in [0.717, 1.165) is 5.56 Å². The van der Waals surface area contributed by atoms with E-state index >= 15 is 0 Å². The monoisotopic (exact) mass is 412 g/mol. The smallest absolute Gasteiger partial charge is 0.105 e. The predicted molar refractivity (Wildman–Crippen MR) is 113 cm³/mol. The van der Waals surface area contributed by atoms with Crippen molar-refractivity contribution < 1.29 is 21.9 Å². The summed E-state index contributed by atoms with van der Waals surface area (Å²) >= 11 is 0. The van der Waals surface area contributed by atoms with Crippen LogP contribution < -0.4 is 15.9 Å². The van der Waals surface area contributed by atoms with Crippen LogP contribution in [0.5, 0.6) is 0 Å². The van der Waals surface area contributed by atoms with Crippen molar-refractivity contribution in [3.05, 3.63) is 115 Å². The summed E-state index contributed by atoms with van der Waals surface area (Å²) in [5, 5.41) is 4.23. The first-order valence-electron chi connectivity index (χ1n) is 8.60. The van der Waals surface area contributed by atoms with Gasteiger partial charge in [-0.15, -0.1) is 0 Å². The first-order valence-corrected chi connectivity index (χ1v) is 9.94. The van der Waals surface area contributed by atoms with E-state index < -0.39 is 7.92 Å². The van der Waals surface area contributed by atoms with Gasteiger partial charge in [-0.1, -0.05) is 76.8 Å². The molecule has 0 aliphatic rings. The summed E-state index contributed by atoms with van der Waals surface area (Å²) in [4.78, 5) is 10.5. The average Bonchev–Trinajstić information content (AvgIpc) is 3.39. The Morgan fingerprint density at radius 2 is 1.22 bits per heavy atom. The molecule has 0 atom stereocenters. The molecule has 0 N–H and O–H groups in total. The molecule has 0 bridgehead atoms. The third kappa shape index (κ3) is 5.87. The van der Waals surface area contributed by atoms with Gasteiger partial charge < -0.3 is 34.4 Å². The zero-order valence-corrected chi connectivity index (χ0v) is 17.1. The second-order valence-corrected chi connectivity index (χ2v) is 8.10. The normalized spacial score (nSPS) is 9.85. The van der Waals surface area contributed by atoms with E-state index in [0.29, 0.717) is 0 Å². The van der Waals surface area contributed by atoms with Gasteiger partial charge in [0.25, 0.3) is 0 Å². The van der Waals surface area contributed by atoms with Crippen LogP contribution in [0, 0.1) is 0 Å². The Hall–Kier alpha value is -2.24. The van der Waals surface area contributed by atoms with E-state index in [-0.39, 0.29) is 22.9 Å². The van der Waals surface area contributed by atoms with Crippen molar-refractivity contribution in [3.8, 4) is 0 Å². The number of Topliss-reactive ketones (excluding diaryl/α,β-unsaturated/α-hetero) is 1. The molecule has 0 saturated carbocycles. The number of carbonyl (C=O) groups excluding carboxylic acids is 1. The third-order valence-electron chi connectivity index (χ3n) is 4.00. The SMILES string of the molecule is CC(=O)[c-]1cccc1.[Fe].c1ccc(P(c2ccccc2)[c-]2[cH-][cH-][cH-][cH-]2)cc1. The molecule has 4 rings (SSSR count). The van der Waals surface area contributed by atoms with E-state index in [4.69, 9.17) is 0 Å². The van der Waals surface area contributed by atoms with Gasteiger partial charge in [0.1, 0.15) is 5.78 Å². The summed E-state index contributed by atoms with van der Waals surface area (Å²) < 4.78 is 0. The average molecular weight is 412 g/mol. The quantitative estimate of drug-likeness (QED) is 0.204. The van der Waals surface area contributed by atoms with Crippen LogP contribution >= 0.6 is 7.92 Å². The minimum absolute atomic E-state index is 0. The molecule has 0 amide bonds. The number of rotatable bonds is 4. The fourth-order valence-corrected chi connectivity index (χ4v) is 5.03. The van der Waals surface area contributed by atoms with Gasteiger partial charge in [-0.05, 0) is 6.92 Å². The van der Waals surface area contributed by atoms with Gasteiger partial charge in [0.05, 0.1) is 0 Å². The van der Waals surface area contributed by atoms with Crippen molar-refractivity contribution in [3.63, 3.8) is 0 Å². The summed E-state index contributed by atoms with van der Waals surface area (Å²) in [5.74, 6) is 0.134. The van der Waals surface area contributed by atoms with Gasteiger partial charge in [-0.2, -0.15) is 12.1 Å². The number of benzene rings is 2. The molecule has 3 heteroatoms. The van der Waals surface area contributed by atoms with E-state index in [1.54, 1.807) is 6.92 Å². The molecule has 0 unspecified atom stereocenters. The second kappa shape index (κ2) is 10.8. The number of hydrogen-bond donors (Lipinski definition) is 0. The van der Waals surface area contributed by atoms with Crippen molar-refractivity contribution >= 4 is 29.6 Å². The molecule has 1 nitrogen and oxygen atoms in total. The van der Waals surface area contributed by atoms with Gasteiger partial charge in [0.2, 0.25) is 0 Å². The van der Waals surface area contributed by atoms with Crippen molar-refractivity contribution in [1.82, 2.24) is 0 Å². The van der Waals surface area contributed by atoms with Crippen LogP contribution in [0.3, 0.4) is 0 Å². The van der Waals surface area contributed by atoms with Gasteiger partial charge in [0.15, 0.2) is 0 Å². The zero-order valence-electron chi connectivity index (χ0n) is 15.1. The minimum atomic E-state index is -0.409. The molecular weight excluding hydrogens is 391 g/mol. The van der Waals surface area contributed by atoms with Crippen LogP contribution in [0.15, 0.2) is 109 Å². The maximum absolute atomic E-state index is 10.5. The standard InChI is InChI=1S/C17H14P.C7H7O.Fe/c1-3-9-15(10-4-1)18(17-13-7-8-14-17)16-11-5-2-6-12-16;1-6(8)7-4-2-3-5-7;/h1-14H;2-5H,1H3;/q-5;-1;. The molecule has 142 valence electrons. The Balaban J connectivity index is 0.000000247. The zero-order chi connectivity index (χ0) is 18.2. The molecule has 0 radical (unpaired) electrons. The van der Waals surface area contributed by atoms with Crippen LogP contribution in [0.4, 0.5) is 0 Å². The largest absolute Gasteiger partial charge is 0.747 e. The molecule has 0 spiro atoms. The van der Waals surface area contributed by atoms with Crippen LogP contribution in [0.2, 0.25) is 0 Å². The molecule has 0 aromatic heterocycles. The number of hydrogen-bond acceptors (Lipinski definition) is 1. The first-order chi connectivity index (χ1) is 12.8. The van der Waals surface area contributed by atoms with Crippen molar-refractivity contribution in [1.29, 1.82) is 0 Å². The Bertz CT molecular complexity index is 858. The molecule has 27 heavy (non-hydrogen) atoms. The van der Waals surface area contributed by atoms with Crippen LogP contribution in [-0.2, 0) is 17.1 Å². The van der Waals surface area contributed by atoms with E-state index in [2.05, 4.69) is 84.9 Å². The Morgan fingerprint density at radius 1 is 0.778 bits per heavy atom. The van der Waals surface area contributed by atoms with E-state index in [9.17, 15) is 4.79 Å². The second-order valence-electron chi connectivity index (χ2n) is 5.88. The number of ketones is 1. The molecule has 0 aliphatic heterocycles. The fraction of sp³-hybridized carbons (Fsp3) is 0.0417. The summed E-state index contributed by atoms with van der Waals surface area (Å²) in [7, 11) is -0.409. The van der Waals surface area contributed by atoms with Gasteiger partial charge in [-0.25, -0.2) is 20.1 Å². The molecule has 4 aromatic carbocycles. The van der Waals surface area contributed by atoms with Gasteiger partial charge in [-0.3, -0.25) is 0 Å². The molecule has 4 aromatic rings. The topological polar surface area (TPSA) is 17.1 Å². The summed E-state index contributed by atoms with van der Waals surface area (Å²) in [6.45, 7) is 1.56. The fourth-order valence-electron chi connectivity index (χ4n) is 2.72. The minimum Gasteiger partial charge on any atom is -0.747 e. The van der Waals surface area contributed by atoms with Crippen molar-refractivity contribution in [2.75, 3.05) is 0 Å². The molecular formula is C24H21FeOP-6. The summed E-state index contributed by atoms with van der Waals surface area (Å²) in [6, 6.07) is 37.6. The van der Waals surface area contributed by atoms with Crippen LogP contribution in [0.25, 0.3) is 0 Å². The van der Waals surface area contributed by atoms with E-state index in [1.807, 2.05) is 24.3 Å². The number of carbonyl (C=O) groups is 1. The molecule has 0 heterocycles. The molecule has 0 aliphatic carbocycles. The maximum atomic E-state index is 10.5. The Morgan fingerprint density at radius 3 is 1.59 bits per heavy atom. The Kier molecular flexibility index (Phi) is 8.42. The summed E-state index contributed by atoms with van der Waals surface area (Å²) in [5.41, 5.74) is 0.796. The molecule has 0 fully saturated rings. The van der Waals surface area contributed by atoms with Gasteiger partial charge in [0, 0.05) is 17.1 Å². The predicted octanol–water partition coefficient (Wildman–Crippen LogP) is 4.77. The third-order valence-corrected chi connectivity index (χ3v) is 6.44. The van der Waals surface area contributed by atoms with Crippen LogP contribution in [0.1, 0.15) is 17.3 Å².